The highest BCUT2D eigenvalue weighted by Crippen LogP contribution is 2.08. The van der Waals surface area contributed by atoms with Gasteiger partial charge in [-0.2, -0.15) is 5.17 Å². The summed E-state index contributed by atoms with van der Waals surface area (Å²) in [6, 6.07) is 8.85. The number of hydrazine groups is 1. The van der Waals surface area contributed by atoms with Gasteiger partial charge in [0.15, 0.2) is 0 Å². The number of rotatable bonds is 3. The van der Waals surface area contributed by atoms with Gasteiger partial charge in [-0.15, -0.1) is 0 Å². The van der Waals surface area contributed by atoms with Gasteiger partial charge in [-0.05, 0) is 12.1 Å². The van der Waals surface area contributed by atoms with Gasteiger partial charge in [-0.25, -0.2) is 15.1 Å². The van der Waals surface area contributed by atoms with E-state index in [1.54, 1.807) is 24.3 Å². The van der Waals surface area contributed by atoms with Crippen molar-refractivity contribution >= 4 is 5.69 Å². The summed E-state index contributed by atoms with van der Waals surface area (Å²) in [5, 5.41) is 0.889. The van der Waals surface area contributed by atoms with Crippen molar-refractivity contribution in [3.63, 3.8) is 0 Å². The Bertz CT molecular complexity index is 205. The lowest BCUT2D eigenvalue weighted by Gasteiger charge is -2.14. The summed E-state index contributed by atoms with van der Waals surface area (Å²) in [5.74, 6) is 5.28. The molecule has 0 saturated heterocycles. The van der Waals surface area contributed by atoms with Crippen LogP contribution in [0.4, 0.5) is 10.1 Å². The molecular formula is C7H9FN2O. The first-order chi connectivity index (χ1) is 5.34. The Hall–Kier alpha value is -1.13. The molecule has 0 atom stereocenters. The van der Waals surface area contributed by atoms with Gasteiger partial charge in [0.05, 0.1) is 5.69 Å². The van der Waals surface area contributed by atoms with Crippen LogP contribution >= 0.6 is 0 Å². The highest BCUT2D eigenvalue weighted by atomic mass is 19.1. The van der Waals surface area contributed by atoms with E-state index in [0.717, 1.165) is 5.17 Å². The first kappa shape index (κ1) is 7.97. The summed E-state index contributed by atoms with van der Waals surface area (Å²) in [4.78, 5) is 4.37. The third kappa shape index (κ3) is 2.18. The number of alkyl halides is 1. The first-order valence-corrected chi connectivity index (χ1v) is 3.13. The average molecular weight is 156 g/mol. The molecule has 1 aromatic rings. The molecule has 0 aliphatic heterocycles. The fourth-order valence-corrected chi connectivity index (χ4v) is 0.702. The van der Waals surface area contributed by atoms with Crippen molar-refractivity contribution in [1.82, 2.24) is 0 Å². The number of benzene rings is 1. The maximum atomic E-state index is 11.6. The van der Waals surface area contributed by atoms with Gasteiger partial charge in [0.25, 0.3) is 0 Å². The zero-order valence-corrected chi connectivity index (χ0v) is 5.90. The second-order valence-electron chi connectivity index (χ2n) is 1.90. The summed E-state index contributed by atoms with van der Waals surface area (Å²) >= 11 is 0. The Morgan fingerprint density at radius 1 is 1.36 bits per heavy atom. The molecule has 0 radical (unpaired) electrons. The molecule has 3 nitrogen and oxygen atoms in total. The van der Waals surface area contributed by atoms with Crippen molar-refractivity contribution in [2.45, 2.75) is 0 Å². The van der Waals surface area contributed by atoms with Crippen molar-refractivity contribution < 1.29 is 9.23 Å². The highest BCUT2D eigenvalue weighted by molar-refractivity contribution is 5.41. The number of hydrogen-bond acceptors (Lipinski definition) is 3. The van der Waals surface area contributed by atoms with E-state index in [-0.39, 0.29) is 0 Å². The Kier molecular flexibility index (Phi) is 2.83. The summed E-state index contributed by atoms with van der Waals surface area (Å²) in [5.41, 5.74) is 0.616. The standard InChI is InChI=1S/C7H9FN2O/c8-6-11-10(9)7-4-2-1-3-5-7/h1-5H,6,9H2. The largest absolute Gasteiger partial charge is 0.224 e. The maximum absolute atomic E-state index is 11.6. The number of anilines is 1. The van der Waals surface area contributed by atoms with Gasteiger partial charge in [-0.3, -0.25) is 0 Å². The predicted molar refractivity (Wildman–Crippen MR) is 40.2 cm³/mol. The van der Waals surface area contributed by atoms with Gasteiger partial charge in [-0.1, -0.05) is 18.2 Å². The molecule has 0 spiro atoms. The van der Waals surface area contributed by atoms with Gasteiger partial charge in [0.1, 0.15) is 0 Å². The zero-order chi connectivity index (χ0) is 8.10. The minimum Gasteiger partial charge on any atom is -0.224 e. The first-order valence-electron chi connectivity index (χ1n) is 3.13. The third-order valence-electron chi connectivity index (χ3n) is 1.20. The van der Waals surface area contributed by atoms with Crippen LogP contribution in [0.1, 0.15) is 0 Å². The quantitative estimate of drug-likeness (QED) is 0.528. The van der Waals surface area contributed by atoms with Crippen molar-refractivity contribution in [2.24, 2.45) is 5.84 Å². The van der Waals surface area contributed by atoms with E-state index in [1.807, 2.05) is 6.07 Å². The van der Waals surface area contributed by atoms with Crippen LogP contribution in [0.25, 0.3) is 0 Å². The SMILES string of the molecule is NN(OCF)c1ccccc1. The lowest BCUT2D eigenvalue weighted by molar-refractivity contribution is 0.0380. The Balaban J connectivity index is 2.61. The Morgan fingerprint density at radius 3 is 2.55 bits per heavy atom. The van der Waals surface area contributed by atoms with E-state index in [0.29, 0.717) is 5.69 Å². The maximum Gasteiger partial charge on any atom is 0.216 e. The fraction of sp³-hybridized carbons (Fsp3) is 0.143. The summed E-state index contributed by atoms with van der Waals surface area (Å²) in [6.45, 7) is -0.925. The normalized spacial score (nSPS) is 9.64. The van der Waals surface area contributed by atoms with Gasteiger partial charge >= 0.3 is 0 Å². The van der Waals surface area contributed by atoms with Crippen molar-refractivity contribution in [3.05, 3.63) is 30.3 Å². The molecule has 60 valence electrons. The van der Waals surface area contributed by atoms with Crippen molar-refractivity contribution in [1.29, 1.82) is 0 Å². The van der Waals surface area contributed by atoms with Crippen LogP contribution in [0.15, 0.2) is 30.3 Å². The molecule has 0 fully saturated rings. The molecule has 4 heteroatoms. The van der Waals surface area contributed by atoms with E-state index in [1.165, 1.54) is 0 Å². The molecule has 0 amide bonds. The Labute approximate surface area is 64.1 Å². The molecule has 0 aliphatic carbocycles. The molecule has 11 heavy (non-hydrogen) atoms. The van der Waals surface area contributed by atoms with Crippen LogP contribution in [-0.4, -0.2) is 6.86 Å². The lowest BCUT2D eigenvalue weighted by Crippen LogP contribution is -2.30. The summed E-state index contributed by atoms with van der Waals surface area (Å²) < 4.78 is 11.6. The minimum atomic E-state index is -0.925. The smallest absolute Gasteiger partial charge is 0.216 e. The number of hydrogen-bond donors (Lipinski definition) is 1. The average Bonchev–Trinajstić information content (AvgIpc) is 2.07. The number of nitrogens with zero attached hydrogens (tertiary/aromatic N) is 1. The summed E-state index contributed by atoms with van der Waals surface area (Å²) in [6.07, 6.45) is 0. The topological polar surface area (TPSA) is 38.5 Å². The van der Waals surface area contributed by atoms with Gasteiger partial charge in [0.2, 0.25) is 6.86 Å². The highest BCUT2D eigenvalue weighted by Gasteiger charge is 1.97. The van der Waals surface area contributed by atoms with Crippen LogP contribution < -0.4 is 11.0 Å². The molecule has 0 bridgehead atoms. The second kappa shape index (κ2) is 3.90. The van der Waals surface area contributed by atoms with E-state index < -0.39 is 6.86 Å². The van der Waals surface area contributed by atoms with Crippen molar-refractivity contribution in [2.75, 3.05) is 12.0 Å². The van der Waals surface area contributed by atoms with E-state index in [2.05, 4.69) is 4.84 Å². The Morgan fingerprint density at radius 2 is 2.00 bits per heavy atom. The molecular weight excluding hydrogens is 147 g/mol. The second-order valence-corrected chi connectivity index (χ2v) is 1.90. The predicted octanol–water partition coefficient (Wildman–Crippen LogP) is 1.23. The number of nitrogens with two attached hydrogens (primary N) is 1. The van der Waals surface area contributed by atoms with Gasteiger partial charge in [0, 0.05) is 0 Å². The number of para-hydroxylation sites is 1. The van der Waals surface area contributed by atoms with Crippen LogP contribution in [0.3, 0.4) is 0 Å². The molecule has 0 heterocycles. The van der Waals surface area contributed by atoms with Crippen LogP contribution in [0.2, 0.25) is 0 Å². The number of halogens is 1. The molecule has 1 aromatic carbocycles. The van der Waals surface area contributed by atoms with E-state index in [4.69, 9.17) is 5.84 Å². The monoisotopic (exact) mass is 156 g/mol. The van der Waals surface area contributed by atoms with Crippen LogP contribution in [0, 0.1) is 0 Å². The fourth-order valence-electron chi connectivity index (χ4n) is 0.702. The molecule has 0 saturated carbocycles. The third-order valence-corrected chi connectivity index (χ3v) is 1.20. The molecule has 0 unspecified atom stereocenters. The van der Waals surface area contributed by atoms with Crippen molar-refractivity contribution in [3.8, 4) is 0 Å². The van der Waals surface area contributed by atoms with E-state index in [9.17, 15) is 4.39 Å². The van der Waals surface area contributed by atoms with E-state index >= 15 is 0 Å². The molecule has 2 N–H and O–H groups in total. The molecule has 0 aromatic heterocycles. The molecule has 0 aliphatic rings. The summed E-state index contributed by atoms with van der Waals surface area (Å²) in [7, 11) is 0. The molecule has 1 rings (SSSR count). The zero-order valence-electron chi connectivity index (χ0n) is 5.90. The minimum absolute atomic E-state index is 0.616. The van der Waals surface area contributed by atoms with Crippen LogP contribution in [-0.2, 0) is 4.84 Å². The van der Waals surface area contributed by atoms with Gasteiger partial charge < -0.3 is 0 Å². The lowest BCUT2D eigenvalue weighted by atomic mass is 10.3. The van der Waals surface area contributed by atoms with Crippen LogP contribution in [0.5, 0.6) is 0 Å².